The molecule has 0 radical (unpaired) electrons. The number of carbonyl (C=O) groups excluding carboxylic acids is 1. The quantitative estimate of drug-likeness (QED) is 0.142. The lowest BCUT2D eigenvalue weighted by Gasteiger charge is -2.04. The average molecular weight is 487 g/mol. The molecule has 0 amide bonds. The van der Waals surface area contributed by atoms with Crippen LogP contribution in [0.1, 0.15) is 15.9 Å². The largest absolute Gasteiger partial charge is 0.436 e. The second-order valence-electron chi connectivity index (χ2n) is 8.46. The number of halogens is 1. The highest BCUT2D eigenvalue weighted by molar-refractivity contribution is 5.91. The molecular weight excluding hydrogens is 467 g/mol. The van der Waals surface area contributed by atoms with E-state index in [1.165, 1.54) is 24.3 Å². The van der Waals surface area contributed by atoms with Crippen molar-refractivity contribution >= 4 is 39.7 Å². The Morgan fingerprint density at radius 2 is 1.62 bits per heavy atom. The highest BCUT2D eigenvalue weighted by atomic mass is 19.1. The molecule has 1 heterocycles. The summed E-state index contributed by atoms with van der Waals surface area (Å²) in [5, 5.41) is 2.29. The van der Waals surface area contributed by atoms with Gasteiger partial charge in [-0.05, 0) is 95.2 Å². The van der Waals surface area contributed by atoms with E-state index in [2.05, 4.69) is 34.2 Å². The Kier molecular flexibility index (Phi) is 5.75. The van der Waals surface area contributed by atoms with Gasteiger partial charge in [-0.1, -0.05) is 30.3 Å². The molecule has 6 heteroatoms. The lowest BCUT2D eigenvalue weighted by Crippen LogP contribution is -2.08. The number of esters is 1. The number of ether oxygens (including phenoxy) is 1. The summed E-state index contributed by atoms with van der Waals surface area (Å²) in [6.45, 7) is 0. The predicted octanol–water partition coefficient (Wildman–Crippen LogP) is 7.76. The van der Waals surface area contributed by atoms with Gasteiger partial charge in [-0.3, -0.25) is 4.99 Å². The molecule has 1 aromatic heterocycles. The van der Waals surface area contributed by atoms with E-state index in [9.17, 15) is 9.18 Å². The van der Waals surface area contributed by atoms with Crippen LogP contribution in [0.2, 0.25) is 0 Å². The van der Waals surface area contributed by atoms with Crippen LogP contribution in [0.25, 0.3) is 33.3 Å². The van der Waals surface area contributed by atoms with Crippen LogP contribution < -0.4 is 4.74 Å². The number of fused-ring (bicyclic) bond motifs is 2. The highest BCUT2D eigenvalue weighted by Gasteiger charge is 2.10. The van der Waals surface area contributed by atoms with E-state index in [1.807, 2.05) is 36.4 Å². The van der Waals surface area contributed by atoms with Crippen LogP contribution >= 0.6 is 0 Å². The summed E-state index contributed by atoms with van der Waals surface area (Å²) in [6.07, 6.45) is 1.72. The highest BCUT2D eigenvalue weighted by Crippen LogP contribution is 2.29. The molecule has 0 saturated carbocycles. The first-order chi connectivity index (χ1) is 18.1. The molecule has 0 aliphatic carbocycles. The van der Waals surface area contributed by atoms with Crippen molar-refractivity contribution in [1.29, 1.82) is 0 Å². The lowest BCUT2D eigenvalue weighted by molar-refractivity contribution is 0.0734. The number of hydrogen-bond donors (Lipinski definition) is 0. The zero-order valence-corrected chi connectivity index (χ0v) is 19.5. The summed E-state index contributed by atoms with van der Waals surface area (Å²) in [5.74, 6) is -0.0111. The fourth-order valence-electron chi connectivity index (χ4n) is 3.96. The summed E-state index contributed by atoms with van der Waals surface area (Å²) in [6, 6.07) is 32.1. The number of aliphatic imine (C=N–C) groups is 1. The van der Waals surface area contributed by atoms with Crippen molar-refractivity contribution in [3.8, 4) is 17.2 Å². The van der Waals surface area contributed by atoms with Crippen LogP contribution in [-0.4, -0.2) is 17.2 Å². The normalized spacial score (nSPS) is 11.4. The number of nitrogens with zero attached hydrogens (tertiary/aromatic N) is 2. The Hall–Kier alpha value is -5.10. The molecule has 5 nitrogen and oxygen atoms in total. The minimum Gasteiger partial charge on any atom is -0.436 e. The molecule has 0 aliphatic heterocycles. The molecule has 178 valence electrons. The Labute approximate surface area is 211 Å². The predicted molar refractivity (Wildman–Crippen MR) is 142 cm³/mol. The molecule has 0 spiro atoms. The van der Waals surface area contributed by atoms with Crippen LogP contribution in [0, 0.1) is 5.82 Å². The van der Waals surface area contributed by atoms with Gasteiger partial charge in [0.05, 0.1) is 11.3 Å². The molecule has 6 rings (SSSR count). The summed E-state index contributed by atoms with van der Waals surface area (Å²) < 4.78 is 24.4. The van der Waals surface area contributed by atoms with Gasteiger partial charge in [0.2, 0.25) is 5.89 Å². The molecule has 0 N–H and O–H groups in total. The van der Waals surface area contributed by atoms with Gasteiger partial charge in [-0.25, -0.2) is 14.2 Å². The van der Waals surface area contributed by atoms with E-state index in [0.29, 0.717) is 17.2 Å². The Morgan fingerprint density at radius 3 is 2.43 bits per heavy atom. The fourth-order valence-corrected chi connectivity index (χ4v) is 3.96. The Balaban J connectivity index is 1.16. The number of hydrogen-bond acceptors (Lipinski definition) is 5. The first-order valence-corrected chi connectivity index (χ1v) is 11.6. The van der Waals surface area contributed by atoms with Gasteiger partial charge in [-0.15, -0.1) is 0 Å². The van der Waals surface area contributed by atoms with E-state index in [4.69, 9.17) is 9.15 Å². The summed E-state index contributed by atoms with van der Waals surface area (Å²) in [5.41, 5.74) is 4.17. The molecular formula is C31H19FN2O3. The smallest absolute Gasteiger partial charge is 0.343 e. The SMILES string of the molecule is O=C(Oc1ccc(C=Nc2ccc3oc(-c4ccc5ccccc5c4)nc3c2)cc1)c1ccc(F)cc1. The van der Waals surface area contributed by atoms with Gasteiger partial charge in [0.15, 0.2) is 5.58 Å². The van der Waals surface area contributed by atoms with Crippen molar-refractivity contribution in [2.75, 3.05) is 0 Å². The molecule has 0 saturated heterocycles. The minimum absolute atomic E-state index is 0.277. The van der Waals surface area contributed by atoms with E-state index < -0.39 is 11.8 Å². The van der Waals surface area contributed by atoms with Gasteiger partial charge in [0.25, 0.3) is 0 Å². The number of oxazole rings is 1. The maximum absolute atomic E-state index is 13.0. The van der Waals surface area contributed by atoms with Crippen molar-refractivity contribution in [3.63, 3.8) is 0 Å². The van der Waals surface area contributed by atoms with Gasteiger partial charge >= 0.3 is 5.97 Å². The Morgan fingerprint density at radius 1 is 0.838 bits per heavy atom. The average Bonchev–Trinajstić information content (AvgIpc) is 3.36. The molecule has 0 unspecified atom stereocenters. The number of carbonyl (C=O) groups is 1. The summed E-state index contributed by atoms with van der Waals surface area (Å²) in [7, 11) is 0. The van der Waals surface area contributed by atoms with E-state index in [0.717, 1.165) is 33.1 Å². The standard InChI is InChI=1S/C31H19FN2O3/c32-25-11-9-22(10-12-25)31(35)36-27-14-5-20(6-15-27)19-33-26-13-16-29-28(18-26)34-30(37-29)24-8-7-21-3-1-2-4-23(21)17-24/h1-19H. The van der Waals surface area contributed by atoms with Crippen molar-refractivity contribution in [2.24, 2.45) is 4.99 Å². The maximum Gasteiger partial charge on any atom is 0.343 e. The third-order valence-electron chi connectivity index (χ3n) is 5.90. The van der Waals surface area contributed by atoms with Crippen molar-refractivity contribution in [3.05, 3.63) is 126 Å². The van der Waals surface area contributed by atoms with Crippen LogP contribution in [0.5, 0.6) is 5.75 Å². The topological polar surface area (TPSA) is 64.7 Å². The third-order valence-corrected chi connectivity index (χ3v) is 5.90. The second-order valence-corrected chi connectivity index (χ2v) is 8.46. The van der Waals surface area contributed by atoms with E-state index >= 15 is 0 Å². The first kappa shape index (κ1) is 22.4. The third kappa shape index (κ3) is 4.86. The molecule has 0 fully saturated rings. The van der Waals surface area contributed by atoms with Crippen LogP contribution in [-0.2, 0) is 0 Å². The van der Waals surface area contributed by atoms with E-state index in [1.54, 1.807) is 30.5 Å². The number of rotatable bonds is 5. The zero-order valence-electron chi connectivity index (χ0n) is 19.5. The second kappa shape index (κ2) is 9.51. The maximum atomic E-state index is 13.0. The fraction of sp³-hybridized carbons (Fsp3) is 0. The number of aromatic nitrogens is 1. The van der Waals surface area contributed by atoms with Crippen molar-refractivity contribution in [2.45, 2.75) is 0 Å². The molecule has 0 aliphatic rings. The zero-order chi connectivity index (χ0) is 25.2. The molecule has 37 heavy (non-hydrogen) atoms. The lowest BCUT2D eigenvalue weighted by atomic mass is 10.1. The Bertz CT molecular complexity index is 1770. The van der Waals surface area contributed by atoms with Crippen molar-refractivity contribution in [1.82, 2.24) is 4.98 Å². The molecule has 0 atom stereocenters. The van der Waals surface area contributed by atoms with Gasteiger partial charge in [0, 0.05) is 11.8 Å². The monoisotopic (exact) mass is 486 g/mol. The van der Waals surface area contributed by atoms with Crippen LogP contribution in [0.3, 0.4) is 0 Å². The van der Waals surface area contributed by atoms with Gasteiger partial charge in [-0.2, -0.15) is 0 Å². The van der Waals surface area contributed by atoms with Crippen LogP contribution in [0.15, 0.2) is 119 Å². The van der Waals surface area contributed by atoms with Crippen LogP contribution in [0.4, 0.5) is 10.1 Å². The minimum atomic E-state index is -0.551. The number of benzene rings is 5. The van der Waals surface area contributed by atoms with Gasteiger partial charge in [0.1, 0.15) is 17.1 Å². The van der Waals surface area contributed by atoms with Crippen molar-refractivity contribution < 1.29 is 18.3 Å². The molecule has 0 bridgehead atoms. The summed E-state index contributed by atoms with van der Waals surface area (Å²) >= 11 is 0. The molecule has 6 aromatic rings. The first-order valence-electron chi connectivity index (χ1n) is 11.6. The molecule has 5 aromatic carbocycles. The summed E-state index contributed by atoms with van der Waals surface area (Å²) in [4.78, 5) is 21.4. The van der Waals surface area contributed by atoms with Gasteiger partial charge < -0.3 is 9.15 Å². The van der Waals surface area contributed by atoms with E-state index in [-0.39, 0.29) is 5.56 Å².